The van der Waals surface area contributed by atoms with Crippen LogP contribution in [0.15, 0.2) is 22.7 Å². The Labute approximate surface area is 102 Å². The van der Waals surface area contributed by atoms with Gasteiger partial charge in [-0.2, -0.15) is 0 Å². The van der Waals surface area contributed by atoms with E-state index in [1.165, 1.54) is 12.5 Å². The maximum absolute atomic E-state index is 12.5. The SMILES string of the molecule is FC(F)c1ccc(CC2CCNC2)cc1Br. The van der Waals surface area contributed by atoms with Gasteiger partial charge in [0.05, 0.1) is 0 Å². The maximum Gasteiger partial charge on any atom is 0.264 e. The first kappa shape index (κ1) is 12.0. The molecule has 88 valence electrons. The van der Waals surface area contributed by atoms with Crippen LogP contribution in [-0.4, -0.2) is 13.1 Å². The molecule has 0 spiro atoms. The van der Waals surface area contributed by atoms with E-state index >= 15 is 0 Å². The van der Waals surface area contributed by atoms with Gasteiger partial charge in [0, 0.05) is 10.0 Å². The second kappa shape index (κ2) is 5.23. The van der Waals surface area contributed by atoms with E-state index in [2.05, 4.69) is 21.2 Å². The van der Waals surface area contributed by atoms with Gasteiger partial charge in [-0.1, -0.05) is 28.1 Å². The first-order chi connectivity index (χ1) is 7.66. The molecular formula is C12H14BrF2N. The molecule has 0 aromatic heterocycles. The first-order valence-electron chi connectivity index (χ1n) is 5.44. The van der Waals surface area contributed by atoms with Gasteiger partial charge in [-0.25, -0.2) is 8.78 Å². The Balaban J connectivity index is 2.08. The summed E-state index contributed by atoms with van der Waals surface area (Å²) in [6.07, 6.45) is -0.264. The highest BCUT2D eigenvalue weighted by Gasteiger charge is 2.16. The van der Waals surface area contributed by atoms with E-state index in [-0.39, 0.29) is 5.56 Å². The fraction of sp³-hybridized carbons (Fsp3) is 0.500. The third kappa shape index (κ3) is 2.80. The summed E-state index contributed by atoms with van der Waals surface area (Å²) in [4.78, 5) is 0. The zero-order valence-electron chi connectivity index (χ0n) is 8.85. The lowest BCUT2D eigenvalue weighted by Crippen LogP contribution is -2.10. The third-order valence-corrected chi connectivity index (χ3v) is 3.67. The molecule has 2 rings (SSSR count). The van der Waals surface area contributed by atoms with Crippen molar-refractivity contribution in [1.29, 1.82) is 0 Å². The van der Waals surface area contributed by atoms with Crippen molar-refractivity contribution >= 4 is 15.9 Å². The van der Waals surface area contributed by atoms with Crippen molar-refractivity contribution in [3.63, 3.8) is 0 Å². The van der Waals surface area contributed by atoms with Crippen molar-refractivity contribution in [3.8, 4) is 0 Å². The van der Waals surface area contributed by atoms with E-state index in [1.54, 1.807) is 0 Å². The predicted molar refractivity (Wildman–Crippen MR) is 63.8 cm³/mol. The molecule has 1 atom stereocenters. The molecule has 1 unspecified atom stereocenters. The predicted octanol–water partition coefficient (Wildman–Crippen LogP) is 3.54. The van der Waals surface area contributed by atoms with Gasteiger partial charge in [0.2, 0.25) is 0 Å². The Kier molecular flexibility index (Phi) is 3.92. The molecule has 4 heteroatoms. The number of hydrogen-bond donors (Lipinski definition) is 1. The molecule has 0 amide bonds. The average Bonchev–Trinajstić information content (AvgIpc) is 2.70. The van der Waals surface area contributed by atoms with E-state index in [4.69, 9.17) is 0 Å². The van der Waals surface area contributed by atoms with E-state index in [9.17, 15) is 8.78 Å². The molecule has 1 aliphatic heterocycles. The van der Waals surface area contributed by atoms with Crippen molar-refractivity contribution < 1.29 is 8.78 Å². The van der Waals surface area contributed by atoms with Crippen molar-refractivity contribution in [2.75, 3.05) is 13.1 Å². The molecule has 1 nitrogen and oxygen atoms in total. The van der Waals surface area contributed by atoms with Gasteiger partial charge in [-0.05, 0) is 43.5 Å². The van der Waals surface area contributed by atoms with Gasteiger partial charge in [0.25, 0.3) is 6.43 Å². The van der Waals surface area contributed by atoms with Crippen LogP contribution in [-0.2, 0) is 6.42 Å². The first-order valence-corrected chi connectivity index (χ1v) is 6.23. The Bertz CT molecular complexity index is 362. The lowest BCUT2D eigenvalue weighted by molar-refractivity contribution is 0.150. The summed E-state index contributed by atoms with van der Waals surface area (Å²) in [7, 11) is 0. The van der Waals surface area contributed by atoms with Crippen LogP contribution in [0.5, 0.6) is 0 Å². The fourth-order valence-electron chi connectivity index (χ4n) is 2.10. The van der Waals surface area contributed by atoms with Crippen molar-refractivity contribution in [1.82, 2.24) is 5.32 Å². The highest BCUT2D eigenvalue weighted by Crippen LogP contribution is 2.29. The summed E-state index contributed by atoms with van der Waals surface area (Å²) < 4.78 is 25.6. The normalized spacial score (nSPS) is 20.6. The summed E-state index contributed by atoms with van der Waals surface area (Å²) in [6, 6.07) is 5.15. The number of alkyl halides is 2. The molecule has 0 aliphatic carbocycles. The van der Waals surface area contributed by atoms with Crippen LogP contribution in [0.1, 0.15) is 24.0 Å². The maximum atomic E-state index is 12.5. The number of hydrogen-bond acceptors (Lipinski definition) is 1. The van der Waals surface area contributed by atoms with E-state index in [1.807, 2.05) is 12.1 Å². The van der Waals surface area contributed by atoms with Crippen molar-refractivity contribution in [2.45, 2.75) is 19.3 Å². The Hall–Kier alpha value is -0.480. The Morgan fingerprint density at radius 2 is 2.25 bits per heavy atom. The zero-order valence-corrected chi connectivity index (χ0v) is 10.4. The van der Waals surface area contributed by atoms with Crippen LogP contribution in [0.25, 0.3) is 0 Å². The minimum atomic E-state index is -2.41. The molecule has 0 saturated carbocycles. The summed E-state index contributed by atoms with van der Waals surface area (Å²) in [5.41, 5.74) is 1.21. The summed E-state index contributed by atoms with van der Waals surface area (Å²) in [6.45, 7) is 2.11. The van der Waals surface area contributed by atoms with Crippen LogP contribution < -0.4 is 5.32 Å². The zero-order chi connectivity index (χ0) is 11.5. The van der Waals surface area contributed by atoms with Crippen LogP contribution in [0.3, 0.4) is 0 Å². The summed E-state index contributed by atoms with van der Waals surface area (Å²) in [5.74, 6) is 0.643. The molecule has 0 bridgehead atoms. The second-order valence-electron chi connectivity index (χ2n) is 4.22. The van der Waals surface area contributed by atoms with E-state index in [0.29, 0.717) is 10.4 Å². The standard InChI is InChI=1S/C12H14BrF2N/c13-11-6-8(1-2-10(11)12(14)15)5-9-3-4-16-7-9/h1-2,6,9,12,16H,3-5,7H2. The molecule has 1 heterocycles. The lowest BCUT2D eigenvalue weighted by atomic mass is 9.98. The van der Waals surface area contributed by atoms with Crippen LogP contribution in [0.2, 0.25) is 0 Å². The minimum Gasteiger partial charge on any atom is -0.316 e. The molecule has 1 aromatic rings. The number of nitrogens with one attached hydrogen (secondary N) is 1. The van der Waals surface area contributed by atoms with Crippen molar-refractivity contribution in [3.05, 3.63) is 33.8 Å². The highest BCUT2D eigenvalue weighted by molar-refractivity contribution is 9.10. The highest BCUT2D eigenvalue weighted by atomic mass is 79.9. The molecular weight excluding hydrogens is 276 g/mol. The quantitative estimate of drug-likeness (QED) is 0.898. The van der Waals surface area contributed by atoms with E-state index in [0.717, 1.165) is 25.1 Å². The molecule has 16 heavy (non-hydrogen) atoms. The molecule has 1 saturated heterocycles. The number of benzene rings is 1. The van der Waals surface area contributed by atoms with Gasteiger partial charge < -0.3 is 5.32 Å². The van der Waals surface area contributed by atoms with Crippen LogP contribution in [0.4, 0.5) is 8.78 Å². The van der Waals surface area contributed by atoms with E-state index < -0.39 is 6.43 Å². The summed E-state index contributed by atoms with van der Waals surface area (Å²) >= 11 is 3.20. The van der Waals surface area contributed by atoms with Gasteiger partial charge >= 0.3 is 0 Å². The molecule has 1 fully saturated rings. The largest absolute Gasteiger partial charge is 0.316 e. The Morgan fingerprint density at radius 3 is 2.81 bits per heavy atom. The second-order valence-corrected chi connectivity index (χ2v) is 5.07. The van der Waals surface area contributed by atoms with Crippen molar-refractivity contribution in [2.24, 2.45) is 5.92 Å². The third-order valence-electron chi connectivity index (χ3n) is 2.99. The lowest BCUT2D eigenvalue weighted by Gasteiger charge is -2.10. The van der Waals surface area contributed by atoms with Gasteiger partial charge in [0.1, 0.15) is 0 Å². The number of rotatable bonds is 3. The van der Waals surface area contributed by atoms with Crippen LogP contribution >= 0.6 is 15.9 Å². The molecule has 0 radical (unpaired) electrons. The van der Waals surface area contributed by atoms with Gasteiger partial charge in [-0.15, -0.1) is 0 Å². The van der Waals surface area contributed by atoms with Gasteiger partial charge in [-0.3, -0.25) is 0 Å². The fourth-order valence-corrected chi connectivity index (χ4v) is 2.70. The monoisotopic (exact) mass is 289 g/mol. The topological polar surface area (TPSA) is 12.0 Å². The smallest absolute Gasteiger partial charge is 0.264 e. The molecule has 1 aliphatic rings. The molecule has 1 aromatic carbocycles. The average molecular weight is 290 g/mol. The molecule has 1 N–H and O–H groups in total. The van der Waals surface area contributed by atoms with Gasteiger partial charge in [0.15, 0.2) is 0 Å². The Morgan fingerprint density at radius 1 is 1.44 bits per heavy atom. The number of halogens is 3. The van der Waals surface area contributed by atoms with Crippen LogP contribution in [0, 0.1) is 5.92 Å². The minimum absolute atomic E-state index is 0.0771. The summed E-state index contributed by atoms with van der Waals surface area (Å²) in [5, 5.41) is 3.31.